The summed E-state index contributed by atoms with van der Waals surface area (Å²) in [7, 11) is 2.17. The molecule has 3 aromatic rings. The molecule has 2 aromatic carbocycles. The standard InChI is InChI=1S/C25H31N7O/c1-30-10-12-31(13-11-30)21-6-2-19(3-7-21)23-18-24(29-25(26)28-23)27-20-4-8-22(9-5-20)32-14-16-33-17-15-32/h2-9,18H,10-17H2,1H3,(H3,26,27,28,29). The Morgan fingerprint density at radius 1 is 0.788 bits per heavy atom. The lowest BCUT2D eigenvalue weighted by molar-refractivity contribution is 0.122. The van der Waals surface area contributed by atoms with E-state index in [0.29, 0.717) is 5.82 Å². The number of ether oxygens (including phenoxy) is 1. The molecule has 0 spiro atoms. The van der Waals surface area contributed by atoms with Crippen LogP contribution in [-0.2, 0) is 4.74 Å². The Hall–Kier alpha value is -3.36. The Bertz CT molecular complexity index is 1060. The molecule has 5 rings (SSSR count). The minimum Gasteiger partial charge on any atom is -0.378 e. The second-order valence-corrected chi connectivity index (χ2v) is 8.61. The van der Waals surface area contributed by atoms with Gasteiger partial charge in [-0.3, -0.25) is 0 Å². The summed E-state index contributed by atoms with van der Waals surface area (Å²) < 4.78 is 5.44. The van der Waals surface area contributed by atoms with Crippen molar-refractivity contribution >= 4 is 28.8 Å². The molecule has 2 aliphatic rings. The number of nitrogen functional groups attached to an aromatic ring is 1. The maximum atomic E-state index is 6.04. The number of piperazine rings is 1. The van der Waals surface area contributed by atoms with E-state index in [2.05, 4.69) is 85.6 Å². The number of nitrogens with one attached hydrogen (secondary N) is 1. The number of hydrogen-bond acceptors (Lipinski definition) is 8. The van der Waals surface area contributed by atoms with Crippen LogP contribution in [0, 0.1) is 0 Å². The number of nitrogens with zero attached hydrogens (tertiary/aromatic N) is 5. The monoisotopic (exact) mass is 445 g/mol. The van der Waals surface area contributed by atoms with Crippen molar-refractivity contribution < 1.29 is 4.74 Å². The van der Waals surface area contributed by atoms with E-state index in [4.69, 9.17) is 10.5 Å². The first-order valence-electron chi connectivity index (χ1n) is 11.5. The SMILES string of the molecule is CN1CCN(c2ccc(-c3cc(Nc4ccc(N5CCOCC5)cc4)nc(N)n3)cc2)CC1. The van der Waals surface area contributed by atoms with E-state index in [1.54, 1.807) is 0 Å². The molecule has 8 nitrogen and oxygen atoms in total. The summed E-state index contributed by atoms with van der Waals surface area (Å²) in [6, 6.07) is 18.9. The van der Waals surface area contributed by atoms with E-state index in [1.807, 2.05) is 6.07 Å². The average molecular weight is 446 g/mol. The zero-order valence-electron chi connectivity index (χ0n) is 19.1. The van der Waals surface area contributed by atoms with Gasteiger partial charge in [0.15, 0.2) is 0 Å². The molecular weight excluding hydrogens is 414 g/mol. The predicted molar refractivity (Wildman–Crippen MR) is 134 cm³/mol. The molecule has 3 N–H and O–H groups in total. The molecule has 0 bridgehead atoms. The summed E-state index contributed by atoms with van der Waals surface area (Å²) in [4.78, 5) is 16.0. The number of rotatable bonds is 5. The van der Waals surface area contributed by atoms with Gasteiger partial charge in [-0.15, -0.1) is 0 Å². The van der Waals surface area contributed by atoms with E-state index in [0.717, 1.165) is 69.4 Å². The second kappa shape index (κ2) is 9.64. The molecule has 0 saturated carbocycles. The van der Waals surface area contributed by atoms with Crippen molar-refractivity contribution in [2.75, 3.05) is 80.4 Å². The number of aromatic nitrogens is 2. The molecule has 33 heavy (non-hydrogen) atoms. The number of hydrogen-bond donors (Lipinski definition) is 2. The molecule has 8 heteroatoms. The Balaban J connectivity index is 1.29. The van der Waals surface area contributed by atoms with Gasteiger partial charge in [0.05, 0.1) is 18.9 Å². The molecule has 0 radical (unpaired) electrons. The van der Waals surface area contributed by atoms with Crippen molar-refractivity contribution in [2.24, 2.45) is 0 Å². The molecule has 0 atom stereocenters. The maximum Gasteiger partial charge on any atom is 0.222 e. The first-order valence-corrected chi connectivity index (χ1v) is 11.5. The second-order valence-electron chi connectivity index (χ2n) is 8.61. The number of likely N-dealkylation sites (N-methyl/N-ethyl adjacent to an activating group) is 1. The summed E-state index contributed by atoms with van der Waals surface area (Å²) >= 11 is 0. The predicted octanol–water partition coefficient (Wildman–Crippen LogP) is 3.06. The molecule has 2 fully saturated rings. The fourth-order valence-electron chi connectivity index (χ4n) is 4.31. The van der Waals surface area contributed by atoms with Gasteiger partial charge in [0.2, 0.25) is 5.95 Å². The fourth-order valence-corrected chi connectivity index (χ4v) is 4.31. The zero-order chi connectivity index (χ0) is 22.6. The van der Waals surface area contributed by atoms with Crippen LogP contribution in [0.25, 0.3) is 11.3 Å². The highest BCUT2D eigenvalue weighted by molar-refractivity contribution is 5.69. The lowest BCUT2D eigenvalue weighted by atomic mass is 10.1. The topological polar surface area (TPSA) is 82.8 Å². The molecular formula is C25H31N7O. The van der Waals surface area contributed by atoms with Gasteiger partial charge in [-0.1, -0.05) is 12.1 Å². The van der Waals surface area contributed by atoms with E-state index in [1.165, 1.54) is 11.4 Å². The van der Waals surface area contributed by atoms with Gasteiger partial charge in [0.1, 0.15) is 5.82 Å². The lowest BCUT2D eigenvalue weighted by Gasteiger charge is -2.34. The summed E-state index contributed by atoms with van der Waals surface area (Å²) in [6.07, 6.45) is 0. The molecule has 0 unspecified atom stereocenters. The van der Waals surface area contributed by atoms with Gasteiger partial charge in [-0.25, -0.2) is 4.98 Å². The van der Waals surface area contributed by atoms with Crippen LogP contribution in [0.4, 0.5) is 28.8 Å². The largest absolute Gasteiger partial charge is 0.378 e. The third-order valence-corrected chi connectivity index (χ3v) is 6.29. The van der Waals surface area contributed by atoms with Crippen LogP contribution in [-0.4, -0.2) is 74.4 Å². The first-order chi connectivity index (χ1) is 16.1. The minimum absolute atomic E-state index is 0.253. The van der Waals surface area contributed by atoms with Crippen LogP contribution >= 0.6 is 0 Å². The average Bonchev–Trinajstić information content (AvgIpc) is 2.85. The molecule has 0 aliphatic carbocycles. The Labute approximate surface area is 195 Å². The lowest BCUT2D eigenvalue weighted by Crippen LogP contribution is -2.44. The quantitative estimate of drug-likeness (QED) is 0.620. The number of anilines is 5. The van der Waals surface area contributed by atoms with Crippen molar-refractivity contribution in [3.8, 4) is 11.3 Å². The number of benzene rings is 2. The van der Waals surface area contributed by atoms with Crippen LogP contribution in [0.2, 0.25) is 0 Å². The molecule has 172 valence electrons. The molecule has 3 heterocycles. The molecule has 2 saturated heterocycles. The van der Waals surface area contributed by atoms with Gasteiger partial charge in [-0.2, -0.15) is 4.98 Å². The summed E-state index contributed by atoms with van der Waals surface area (Å²) in [5, 5.41) is 3.37. The molecule has 2 aliphatic heterocycles. The zero-order valence-corrected chi connectivity index (χ0v) is 19.1. The fraction of sp³-hybridized carbons (Fsp3) is 0.360. The van der Waals surface area contributed by atoms with Crippen LogP contribution in [0.5, 0.6) is 0 Å². The van der Waals surface area contributed by atoms with Gasteiger partial charge in [0, 0.05) is 68.0 Å². The van der Waals surface area contributed by atoms with Gasteiger partial charge < -0.3 is 30.5 Å². The van der Waals surface area contributed by atoms with Crippen molar-refractivity contribution in [1.82, 2.24) is 14.9 Å². The van der Waals surface area contributed by atoms with E-state index in [-0.39, 0.29) is 5.95 Å². The van der Waals surface area contributed by atoms with Gasteiger partial charge in [-0.05, 0) is 43.4 Å². The normalized spacial score (nSPS) is 17.2. The third-order valence-electron chi connectivity index (χ3n) is 6.29. The summed E-state index contributed by atoms with van der Waals surface area (Å²) in [6.45, 7) is 7.68. The highest BCUT2D eigenvalue weighted by Crippen LogP contribution is 2.27. The molecule has 1 aromatic heterocycles. The minimum atomic E-state index is 0.253. The summed E-state index contributed by atoms with van der Waals surface area (Å²) in [5.74, 6) is 0.933. The van der Waals surface area contributed by atoms with Crippen LogP contribution in [0.1, 0.15) is 0 Å². The molecule has 0 amide bonds. The number of nitrogens with two attached hydrogens (primary N) is 1. The third kappa shape index (κ3) is 5.18. The Kier molecular flexibility index (Phi) is 6.28. The van der Waals surface area contributed by atoms with Crippen molar-refractivity contribution in [1.29, 1.82) is 0 Å². The van der Waals surface area contributed by atoms with Gasteiger partial charge in [0.25, 0.3) is 0 Å². The van der Waals surface area contributed by atoms with Crippen LogP contribution < -0.4 is 20.9 Å². The van der Waals surface area contributed by atoms with Crippen molar-refractivity contribution in [2.45, 2.75) is 0 Å². The van der Waals surface area contributed by atoms with Crippen molar-refractivity contribution in [3.05, 3.63) is 54.6 Å². The Morgan fingerprint density at radius 2 is 1.39 bits per heavy atom. The number of morpholine rings is 1. The highest BCUT2D eigenvalue weighted by atomic mass is 16.5. The van der Waals surface area contributed by atoms with E-state index >= 15 is 0 Å². The van der Waals surface area contributed by atoms with Crippen LogP contribution in [0.3, 0.4) is 0 Å². The maximum absolute atomic E-state index is 6.04. The van der Waals surface area contributed by atoms with Crippen molar-refractivity contribution in [3.63, 3.8) is 0 Å². The smallest absolute Gasteiger partial charge is 0.222 e. The summed E-state index contributed by atoms with van der Waals surface area (Å²) in [5.41, 5.74) is 11.3. The van der Waals surface area contributed by atoms with E-state index < -0.39 is 0 Å². The van der Waals surface area contributed by atoms with Crippen LogP contribution in [0.15, 0.2) is 54.6 Å². The van der Waals surface area contributed by atoms with E-state index in [9.17, 15) is 0 Å². The highest BCUT2D eigenvalue weighted by Gasteiger charge is 2.15. The Morgan fingerprint density at radius 3 is 2.06 bits per heavy atom. The van der Waals surface area contributed by atoms with Gasteiger partial charge >= 0.3 is 0 Å². The first kappa shape index (κ1) is 21.5.